The highest BCUT2D eigenvalue weighted by Crippen LogP contribution is 2.56. The third-order valence-corrected chi connectivity index (χ3v) is 5.30. The first-order valence-electron chi connectivity index (χ1n) is 7.07. The standard InChI is InChI=1S/C16H20O2/c1-10-8-16(2)13-7-11(10)9-17-15(13)12-5-3-4-6-14(12)18-16/h3-6,10-11,13,15H,7-9H2,1-2H3/t10-,11-,13+,15-,16+/m1/s1. The third-order valence-electron chi connectivity index (χ3n) is 5.30. The lowest BCUT2D eigenvalue weighted by atomic mass is 9.62. The van der Waals surface area contributed by atoms with Crippen molar-refractivity contribution in [3.63, 3.8) is 0 Å². The van der Waals surface area contributed by atoms with E-state index in [1.165, 1.54) is 12.0 Å². The van der Waals surface area contributed by atoms with Crippen molar-refractivity contribution in [1.29, 1.82) is 0 Å². The summed E-state index contributed by atoms with van der Waals surface area (Å²) in [5.41, 5.74) is 1.23. The van der Waals surface area contributed by atoms with Gasteiger partial charge in [-0.2, -0.15) is 0 Å². The Bertz CT molecular complexity index is 484. The Morgan fingerprint density at radius 2 is 2.11 bits per heavy atom. The summed E-state index contributed by atoms with van der Waals surface area (Å²) in [4.78, 5) is 0. The largest absolute Gasteiger partial charge is 0.487 e. The summed E-state index contributed by atoms with van der Waals surface area (Å²) in [6.45, 7) is 5.55. The van der Waals surface area contributed by atoms with Crippen LogP contribution in [0.3, 0.4) is 0 Å². The van der Waals surface area contributed by atoms with Gasteiger partial charge in [0.2, 0.25) is 0 Å². The van der Waals surface area contributed by atoms with E-state index < -0.39 is 0 Å². The molecule has 1 aliphatic carbocycles. The zero-order valence-corrected chi connectivity index (χ0v) is 11.1. The molecule has 0 aromatic heterocycles. The Morgan fingerprint density at radius 3 is 3.00 bits per heavy atom. The minimum atomic E-state index is -0.0324. The van der Waals surface area contributed by atoms with Gasteiger partial charge in [-0.25, -0.2) is 0 Å². The Hall–Kier alpha value is -1.02. The maximum Gasteiger partial charge on any atom is 0.125 e. The number of para-hydroxylation sites is 1. The number of hydrogen-bond donors (Lipinski definition) is 0. The van der Waals surface area contributed by atoms with Crippen LogP contribution >= 0.6 is 0 Å². The number of ether oxygens (including phenoxy) is 2. The van der Waals surface area contributed by atoms with Gasteiger partial charge in [0.1, 0.15) is 11.4 Å². The van der Waals surface area contributed by atoms with E-state index in [4.69, 9.17) is 9.47 Å². The highest BCUT2D eigenvalue weighted by atomic mass is 16.5. The molecule has 1 saturated heterocycles. The number of benzene rings is 1. The van der Waals surface area contributed by atoms with Crippen molar-refractivity contribution in [1.82, 2.24) is 0 Å². The van der Waals surface area contributed by atoms with Gasteiger partial charge >= 0.3 is 0 Å². The zero-order valence-electron chi connectivity index (χ0n) is 11.1. The van der Waals surface area contributed by atoms with E-state index in [0.29, 0.717) is 11.8 Å². The van der Waals surface area contributed by atoms with Crippen molar-refractivity contribution >= 4 is 0 Å². The Morgan fingerprint density at radius 1 is 1.28 bits per heavy atom. The van der Waals surface area contributed by atoms with Gasteiger partial charge < -0.3 is 9.47 Å². The maximum absolute atomic E-state index is 6.37. The van der Waals surface area contributed by atoms with Crippen LogP contribution in [0.15, 0.2) is 24.3 Å². The summed E-state index contributed by atoms with van der Waals surface area (Å²) in [6.07, 6.45) is 2.68. The first-order valence-corrected chi connectivity index (χ1v) is 7.07. The normalized spacial score (nSPS) is 45.0. The van der Waals surface area contributed by atoms with Crippen molar-refractivity contribution in [3.05, 3.63) is 29.8 Å². The second kappa shape index (κ2) is 3.51. The molecule has 2 nitrogen and oxygen atoms in total. The molecule has 2 heteroatoms. The Kier molecular flexibility index (Phi) is 2.12. The minimum absolute atomic E-state index is 0.0324. The van der Waals surface area contributed by atoms with E-state index >= 15 is 0 Å². The molecule has 1 aromatic rings. The lowest BCUT2D eigenvalue weighted by Crippen LogP contribution is -2.56. The second-order valence-corrected chi connectivity index (χ2v) is 6.49. The maximum atomic E-state index is 6.37. The number of fused-ring (bicyclic) bond motifs is 3. The van der Waals surface area contributed by atoms with E-state index in [1.54, 1.807) is 0 Å². The third kappa shape index (κ3) is 1.33. The highest BCUT2D eigenvalue weighted by Gasteiger charge is 2.54. The van der Waals surface area contributed by atoms with Crippen molar-refractivity contribution < 1.29 is 9.47 Å². The second-order valence-electron chi connectivity index (χ2n) is 6.49. The smallest absolute Gasteiger partial charge is 0.125 e. The monoisotopic (exact) mass is 244 g/mol. The summed E-state index contributed by atoms with van der Waals surface area (Å²) in [6, 6.07) is 8.40. The van der Waals surface area contributed by atoms with E-state index in [-0.39, 0.29) is 11.7 Å². The van der Waals surface area contributed by atoms with Crippen LogP contribution in [0.2, 0.25) is 0 Å². The Labute approximate surface area is 108 Å². The van der Waals surface area contributed by atoms with E-state index in [0.717, 1.165) is 24.7 Å². The number of hydrogen-bond acceptors (Lipinski definition) is 2. The molecule has 1 aromatic carbocycles. The van der Waals surface area contributed by atoms with Crippen LogP contribution in [0.5, 0.6) is 5.75 Å². The molecule has 2 aliphatic heterocycles. The topological polar surface area (TPSA) is 18.5 Å². The molecule has 0 radical (unpaired) electrons. The van der Waals surface area contributed by atoms with Crippen LogP contribution in [0.4, 0.5) is 0 Å². The van der Waals surface area contributed by atoms with E-state index in [2.05, 4.69) is 38.1 Å². The lowest BCUT2D eigenvalue weighted by molar-refractivity contribution is -0.184. The Balaban J connectivity index is 1.83. The van der Waals surface area contributed by atoms with Crippen LogP contribution in [0.1, 0.15) is 38.4 Å². The number of rotatable bonds is 0. The van der Waals surface area contributed by atoms with Crippen LogP contribution < -0.4 is 4.74 Å². The molecule has 0 amide bonds. The molecular weight excluding hydrogens is 224 g/mol. The van der Waals surface area contributed by atoms with Gasteiger partial charge in [-0.05, 0) is 37.7 Å². The molecule has 18 heavy (non-hydrogen) atoms. The molecule has 5 atom stereocenters. The molecule has 1 saturated carbocycles. The first-order chi connectivity index (χ1) is 8.67. The van der Waals surface area contributed by atoms with Gasteiger partial charge in [0.15, 0.2) is 0 Å². The van der Waals surface area contributed by atoms with Crippen LogP contribution in [0, 0.1) is 17.8 Å². The van der Waals surface area contributed by atoms with Crippen LogP contribution in [0.25, 0.3) is 0 Å². The molecule has 2 fully saturated rings. The SMILES string of the molecule is C[C@@H]1C[C@]2(C)Oc3ccccc3[C@H]3OC[C@H]1C[C@@H]32. The molecule has 0 spiro atoms. The van der Waals surface area contributed by atoms with Gasteiger partial charge in [-0.3, -0.25) is 0 Å². The molecule has 3 aliphatic rings. The molecule has 96 valence electrons. The summed E-state index contributed by atoms with van der Waals surface area (Å²) >= 11 is 0. The molecule has 0 N–H and O–H groups in total. The zero-order chi connectivity index (χ0) is 12.3. The lowest BCUT2D eigenvalue weighted by Gasteiger charge is -2.55. The molecular formula is C16H20O2. The molecule has 4 rings (SSSR count). The van der Waals surface area contributed by atoms with Crippen molar-refractivity contribution in [2.24, 2.45) is 17.8 Å². The fourth-order valence-corrected chi connectivity index (χ4v) is 4.27. The van der Waals surface area contributed by atoms with Gasteiger partial charge in [0.05, 0.1) is 12.7 Å². The fraction of sp³-hybridized carbons (Fsp3) is 0.625. The van der Waals surface area contributed by atoms with Crippen molar-refractivity contribution in [3.8, 4) is 5.75 Å². The predicted octanol–water partition coefficient (Wildman–Crippen LogP) is 3.57. The summed E-state index contributed by atoms with van der Waals surface area (Å²) in [7, 11) is 0. The summed E-state index contributed by atoms with van der Waals surface area (Å²) < 4.78 is 12.6. The van der Waals surface area contributed by atoms with Gasteiger partial charge in [0, 0.05) is 11.5 Å². The van der Waals surface area contributed by atoms with Crippen molar-refractivity contribution in [2.75, 3.05) is 6.61 Å². The highest BCUT2D eigenvalue weighted by molar-refractivity contribution is 5.39. The quantitative estimate of drug-likeness (QED) is 0.694. The van der Waals surface area contributed by atoms with Crippen molar-refractivity contribution in [2.45, 2.75) is 38.4 Å². The van der Waals surface area contributed by atoms with Gasteiger partial charge in [-0.1, -0.05) is 25.1 Å². The average Bonchev–Trinajstić information content (AvgIpc) is 2.37. The minimum Gasteiger partial charge on any atom is -0.487 e. The van der Waals surface area contributed by atoms with Gasteiger partial charge in [-0.15, -0.1) is 0 Å². The first kappa shape index (κ1) is 10.9. The predicted molar refractivity (Wildman–Crippen MR) is 69.5 cm³/mol. The van der Waals surface area contributed by atoms with E-state index in [1.807, 2.05) is 0 Å². The van der Waals surface area contributed by atoms with E-state index in [9.17, 15) is 0 Å². The fourth-order valence-electron chi connectivity index (χ4n) is 4.27. The molecule has 0 unspecified atom stereocenters. The average molecular weight is 244 g/mol. The summed E-state index contributed by atoms with van der Waals surface area (Å²) in [5.74, 6) is 3.00. The molecule has 2 heterocycles. The molecule has 2 bridgehead atoms. The van der Waals surface area contributed by atoms with Crippen LogP contribution in [-0.2, 0) is 4.74 Å². The van der Waals surface area contributed by atoms with Gasteiger partial charge in [0.25, 0.3) is 0 Å². The summed E-state index contributed by atoms with van der Waals surface area (Å²) in [5, 5.41) is 0. The van der Waals surface area contributed by atoms with Crippen LogP contribution in [-0.4, -0.2) is 12.2 Å².